The van der Waals surface area contributed by atoms with Crippen LogP contribution in [0.4, 0.5) is 9.93 Å². The monoisotopic (exact) mass is 340 g/mol. The van der Waals surface area contributed by atoms with E-state index in [1.165, 1.54) is 12.2 Å². The van der Waals surface area contributed by atoms with Crippen molar-refractivity contribution in [3.63, 3.8) is 0 Å². The molecule has 1 aliphatic heterocycles. The molecular formula is C15H24N4OS2. The zero-order valence-corrected chi connectivity index (χ0v) is 14.7. The van der Waals surface area contributed by atoms with E-state index in [1.54, 1.807) is 11.3 Å². The largest absolute Gasteiger partial charge is 0.345 e. The van der Waals surface area contributed by atoms with Crippen molar-refractivity contribution < 1.29 is 4.79 Å². The Morgan fingerprint density at radius 1 is 1.41 bits per heavy atom. The first-order chi connectivity index (χ1) is 10.8. The summed E-state index contributed by atoms with van der Waals surface area (Å²) in [6, 6.07) is 0.486. The summed E-state index contributed by atoms with van der Waals surface area (Å²) in [5, 5.41) is 7.03. The van der Waals surface area contributed by atoms with Crippen LogP contribution in [0.5, 0.6) is 0 Å². The summed E-state index contributed by atoms with van der Waals surface area (Å²) in [4.78, 5) is 20.9. The average Bonchev–Trinajstić information content (AvgIpc) is 3.20. The second-order valence-electron chi connectivity index (χ2n) is 5.83. The van der Waals surface area contributed by atoms with Gasteiger partial charge in [0.05, 0.1) is 0 Å². The van der Waals surface area contributed by atoms with E-state index >= 15 is 0 Å². The van der Waals surface area contributed by atoms with Gasteiger partial charge in [-0.3, -0.25) is 0 Å². The molecule has 0 unspecified atom stereocenters. The van der Waals surface area contributed by atoms with Crippen molar-refractivity contribution in [1.29, 1.82) is 0 Å². The SMILES string of the molecule is CCS[C@H]1CC[C@H](NC(=O)N2CCN(c3nccs3)CC2)C1. The van der Waals surface area contributed by atoms with Gasteiger partial charge in [-0.05, 0) is 25.0 Å². The fraction of sp³-hybridized carbons (Fsp3) is 0.733. The van der Waals surface area contributed by atoms with Crippen LogP contribution in [0.2, 0.25) is 0 Å². The topological polar surface area (TPSA) is 48.5 Å². The van der Waals surface area contributed by atoms with E-state index in [1.807, 2.05) is 28.2 Å². The van der Waals surface area contributed by atoms with Crippen molar-refractivity contribution in [1.82, 2.24) is 15.2 Å². The Hall–Kier alpha value is -0.950. The van der Waals surface area contributed by atoms with Gasteiger partial charge in [-0.25, -0.2) is 9.78 Å². The molecule has 0 aromatic carbocycles. The van der Waals surface area contributed by atoms with Gasteiger partial charge in [-0.2, -0.15) is 11.8 Å². The fourth-order valence-corrected chi connectivity index (χ4v) is 5.04. The number of carbonyl (C=O) groups is 1. The van der Waals surface area contributed by atoms with Gasteiger partial charge in [0.15, 0.2) is 5.13 Å². The number of hydrogen-bond acceptors (Lipinski definition) is 5. The van der Waals surface area contributed by atoms with Crippen LogP contribution in [0.15, 0.2) is 11.6 Å². The molecule has 1 saturated heterocycles. The zero-order chi connectivity index (χ0) is 15.4. The Morgan fingerprint density at radius 3 is 2.91 bits per heavy atom. The van der Waals surface area contributed by atoms with Crippen molar-refractivity contribution in [2.45, 2.75) is 37.5 Å². The number of nitrogens with one attached hydrogen (secondary N) is 1. The standard InChI is InChI=1S/C15H24N4OS2/c1-2-21-13-4-3-12(11-13)17-14(20)18-6-8-19(9-7-18)15-16-5-10-22-15/h5,10,12-13H,2-4,6-9,11H2,1H3,(H,17,20)/t12-,13-/m0/s1. The van der Waals surface area contributed by atoms with E-state index in [4.69, 9.17) is 0 Å². The van der Waals surface area contributed by atoms with Gasteiger partial charge in [-0.15, -0.1) is 11.3 Å². The highest BCUT2D eigenvalue weighted by molar-refractivity contribution is 7.99. The summed E-state index contributed by atoms with van der Waals surface area (Å²) in [5.74, 6) is 1.17. The number of rotatable bonds is 4. The predicted molar refractivity (Wildman–Crippen MR) is 94.0 cm³/mol. The Labute approximate surface area is 140 Å². The number of anilines is 1. The average molecular weight is 341 g/mol. The molecule has 1 aromatic rings. The highest BCUT2D eigenvalue weighted by Crippen LogP contribution is 2.29. The fourth-order valence-electron chi connectivity index (χ4n) is 3.20. The number of thioether (sulfide) groups is 1. The van der Waals surface area contributed by atoms with Crippen molar-refractivity contribution in [2.24, 2.45) is 0 Å². The maximum absolute atomic E-state index is 12.4. The highest BCUT2D eigenvalue weighted by Gasteiger charge is 2.28. The summed E-state index contributed by atoms with van der Waals surface area (Å²) in [7, 11) is 0. The minimum absolute atomic E-state index is 0.117. The molecule has 0 spiro atoms. The molecule has 7 heteroatoms. The smallest absolute Gasteiger partial charge is 0.317 e. The molecule has 2 heterocycles. The van der Waals surface area contributed by atoms with Gasteiger partial charge < -0.3 is 15.1 Å². The number of nitrogens with zero attached hydrogens (tertiary/aromatic N) is 3. The number of piperazine rings is 1. The van der Waals surface area contributed by atoms with E-state index in [2.05, 4.69) is 22.1 Å². The van der Waals surface area contributed by atoms with Crippen LogP contribution in [0.3, 0.4) is 0 Å². The summed E-state index contributed by atoms with van der Waals surface area (Å²) in [6.45, 7) is 5.52. The molecule has 1 aliphatic carbocycles. The van der Waals surface area contributed by atoms with Gasteiger partial charge in [0, 0.05) is 49.0 Å². The molecule has 1 aromatic heterocycles. The van der Waals surface area contributed by atoms with Gasteiger partial charge in [0.2, 0.25) is 0 Å². The Balaban J connectivity index is 1.42. The lowest BCUT2D eigenvalue weighted by molar-refractivity contribution is 0.190. The first-order valence-corrected chi connectivity index (χ1v) is 10.0. The molecule has 0 radical (unpaired) electrons. The van der Waals surface area contributed by atoms with E-state index in [-0.39, 0.29) is 6.03 Å². The van der Waals surface area contributed by atoms with E-state index in [9.17, 15) is 4.79 Å². The van der Waals surface area contributed by atoms with Crippen LogP contribution in [-0.4, -0.2) is 59.1 Å². The summed E-state index contributed by atoms with van der Waals surface area (Å²) < 4.78 is 0. The molecule has 1 N–H and O–H groups in total. The van der Waals surface area contributed by atoms with Crippen LogP contribution in [0.25, 0.3) is 0 Å². The summed E-state index contributed by atoms with van der Waals surface area (Å²) in [6.07, 6.45) is 5.33. The lowest BCUT2D eigenvalue weighted by Crippen LogP contribution is -2.53. The molecule has 3 rings (SSSR count). The first-order valence-electron chi connectivity index (χ1n) is 8.07. The van der Waals surface area contributed by atoms with E-state index in [0.717, 1.165) is 49.4 Å². The summed E-state index contributed by atoms with van der Waals surface area (Å²) in [5.41, 5.74) is 0. The van der Waals surface area contributed by atoms with Gasteiger partial charge in [0.25, 0.3) is 0 Å². The maximum atomic E-state index is 12.4. The van der Waals surface area contributed by atoms with Gasteiger partial charge in [0.1, 0.15) is 0 Å². The number of aromatic nitrogens is 1. The summed E-state index contributed by atoms with van der Waals surface area (Å²) >= 11 is 3.69. The quantitative estimate of drug-likeness (QED) is 0.915. The first kappa shape index (κ1) is 15.9. The highest BCUT2D eigenvalue weighted by atomic mass is 32.2. The van der Waals surface area contributed by atoms with E-state index < -0.39 is 0 Å². The Morgan fingerprint density at radius 2 is 2.23 bits per heavy atom. The second kappa shape index (κ2) is 7.55. The number of carbonyl (C=O) groups excluding carboxylic acids is 1. The zero-order valence-electron chi connectivity index (χ0n) is 13.0. The Kier molecular flexibility index (Phi) is 5.46. The third kappa shape index (κ3) is 3.87. The predicted octanol–water partition coefficient (Wildman–Crippen LogP) is 2.65. The Bertz CT molecular complexity index is 474. The molecule has 2 fully saturated rings. The van der Waals surface area contributed by atoms with Crippen LogP contribution < -0.4 is 10.2 Å². The molecule has 2 amide bonds. The van der Waals surface area contributed by atoms with Crippen molar-refractivity contribution in [2.75, 3.05) is 36.8 Å². The van der Waals surface area contributed by atoms with Crippen LogP contribution >= 0.6 is 23.1 Å². The molecule has 0 bridgehead atoms. The molecule has 1 saturated carbocycles. The van der Waals surface area contributed by atoms with Gasteiger partial charge >= 0.3 is 6.03 Å². The lowest BCUT2D eigenvalue weighted by Gasteiger charge is -2.35. The minimum Gasteiger partial charge on any atom is -0.345 e. The van der Waals surface area contributed by atoms with Crippen LogP contribution in [-0.2, 0) is 0 Å². The van der Waals surface area contributed by atoms with Crippen LogP contribution in [0.1, 0.15) is 26.2 Å². The third-order valence-corrected chi connectivity index (χ3v) is 6.44. The van der Waals surface area contributed by atoms with Crippen molar-refractivity contribution >= 4 is 34.3 Å². The minimum atomic E-state index is 0.117. The number of hydrogen-bond donors (Lipinski definition) is 1. The maximum Gasteiger partial charge on any atom is 0.317 e. The molecule has 2 atom stereocenters. The normalized spacial score (nSPS) is 25.5. The molecule has 2 aliphatic rings. The number of thiazole rings is 1. The lowest BCUT2D eigenvalue weighted by atomic mass is 10.2. The molecule has 22 heavy (non-hydrogen) atoms. The van der Waals surface area contributed by atoms with Crippen LogP contribution in [0, 0.1) is 0 Å². The van der Waals surface area contributed by atoms with Crippen molar-refractivity contribution in [3.05, 3.63) is 11.6 Å². The second-order valence-corrected chi connectivity index (χ2v) is 8.28. The van der Waals surface area contributed by atoms with E-state index in [0.29, 0.717) is 6.04 Å². The third-order valence-electron chi connectivity index (χ3n) is 4.37. The van der Waals surface area contributed by atoms with Gasteiger partial charge in [-0.1, -0.05) is 6.92 Å². The van der Waals surface area contributed by atoms with Crippen molar-refractivity contribution in [3.8, 4) is 0 Å². The number of urea groups is 1. The number of amides is 2. The molecular weight excluding hydrogens is 316 g/mol. The molecule has 122 valence electrons. The molecule has 5 nitrogen and oxygen atoms in total.